The Labute approximate surface area is 138 Å². The average Bonchev–Trinajstić information content (AvgIpc) is 2.37. The van der Waals surface area contributed by atoms with E-state index in [-0.39, 0.29) is 6.61 Å². The van der Waals surface area contributed by atoms with Gasteiger partial charge in [0.1, 0.15) is 20.9 Å². The van der Waals surface area contributed by atoms with Crippen molar-refractivity contribution in [2.24, 2.45) is 5.16 Å². The normalized spacial score (nSPS) is 10.3. The van der Waals surface area contributed by atoms with Crippen LogP contribution in [0.1, 0.15) is 23.0 Å². The molecule has 112 valence electrons. The number of aromatic nitrogens is 4. The van der Waals surface area contributed by atoms with Gasteiger partial charge in [-0.3, -0.25) is 0 Å². The second kappa shape index (κ2) is 8.75. The minimum atomic E-state index is -0.0397. The molecule has 0 spiro atoms. The summed E-state index contributed by atoms with van der Waals surface area (Å²) in [6.07, 6.45) is 1.25. The van der Waals surface area contributed by atoms with Gasteiger partial charge in [0, 0.05) is 0 Å². The van der Waals surface area contributed by atoms with Gasteiger partial charge < -0.3 is 10.3 Å². The van der Waals surface area contributed by atoms with E-state index in [9.17, 15) is 0 Å². The van der Waals surface area contributed by atoms with Crippen LogP contribution in [0.3, 0.4) is 0 Å². The Morgan fingerprint density at radius 3 is 2.10 bits per heavy atom. The van der Waals surface area contributed by atoms with Gasteiger partial charge in [-0.25, -0.2) is 19.9 Å². The summed E-state index contributed by atoms with van der Waals surface area (Å²) >= 11 is 6.38. The molecule has 0 fully saturated rings. The first-order valence-electron chi connectivity index (χ1n) is 5.74. The summed E-state index contributed by atoms with van der Waals surface area (Å²) in [4.78, 5) is 15.9. The summed E-state index contributed by atoms with van der Waals surface area (Å²) < 4.78 is 1.39. The fourth-order valence-corrected chi connectivity index (χ4v) is 2.36. The van der Waals surface area contributed by atoms with Crippen molar-refractivity contribution in [3.05, 3.63) is 44.4 Å². The van der Waals surface area contributed by atoms with E-state index >= 15 is 0 Å². The van der Waals surface area contributed by atoms with E-state index in [1.165, 1.54) is 6.21 Å². The lowest BCUT2D eigenvalue weighted by atomic mass is 10.4. The lowest BCUT2D eigenvalue weighted by Crippen LogP contribution is -1.94. The third kappa shape index (κ3) is 6.69. The monoisotopic (exact) mass is 417 g/mol. The van der Waals surface area contributed by atoms with Gasteiger partial charge in [-0.05, 0) is 57.8 Å². The Bertz CT molecular complexity index is 597. The zero-order valence-electron chi connectivity index (χ0n) is 11.3. The van der Waals surface area contributed by atoms with Gasteiger partial charge >= 0.3 is 0 Å². The molecule has 0 amide bonds. The van der Waals surface area contributed by atoms with E-state index in [4.69, 9.17) is 10.3 Å². The van der Waals surface area contributed by atoms with E-state index < -0.39 is 0 Å². The van der Waals surface area contributed by atoms with E-state index in [0.29, 0.717) is 32.2 Å². The van der Waals surface area contributed by atoms with Gasteiger partial charge in [-0.2, -0.15) is 0 Å². The Balaban J connectivity index is 0.000000211. The summed E-state index contributed by atoms with van der Waals surface area (Å²) in [5.74, 6) is 1.30. The van der Waals surface area contributed by atoms with Crippen LogP contribution in [0.5, 0.6) is 0 Å². The molecule has 0 aliphatic rings. The molecule has 0 unspecified atom stereocenters. The lowest BCUT2D eigenvalue weighted by molar-refractivity contribution is 0.276. The van der Waals surface area contributed by atoms with Crippen LogP contribution in [0.25, 0.3) is 0 Å². The van der Waals surface area contributed by atoms with Crippen molar-refractivity contribution < 1.29 is 10.3 Å². The van der Waals surface area contributed by atoms with Crippen molar-refractivity contribution >= 4 is 38.1 Å². The van der Waals surface area contributed by atoms with Gasteiger partial charge in [0.25, 0.3) is 0 Å². The maximum absolute atomic E-state index is 8.68. The predicted octanol–water partition coefficient (Wildman–Crippen LogP) is 2.40. The summed E-state index contributed by atoms with van der Waals surface area (Å²) in [6.45, 7) is 3.51. The Morgan fingerprint density at radius 2 is 1.62 bits per heavy atom. The third-order valence-electron chi connectivity index (χ3n) is 2.04. The molecule has 0 aromatic carbocycles. The molecule has 21 heavy (non-hydrogen) atoms. The quantitative estimate of drug-likeness (QED) is 0.336. The molecule has 2 aromatic heterocycles. The first kappa shape index (κ1) is 17.6. The van der Waals surface area contributed by atoms with Crippen LogP contribution in [-0.4, -0.2) is 36.5 Å². The van der Waals surface area contributed by atoms with E-state index in [1.54, 1.807) is 26.0 Å². The molecule has 0 aliphatic carbocycles. The smallest absolute Gasteiger partial charge is 0.127 e. The zero-order valence-corrected chi connectivity index (χ0v) is 14.5. The van der Waals surface area contributed by atoms with Gasteiger partial charge in [-0.15, -0.1) is 0 Å². The molecule has 0 radical (unpaired) electrons. The number of hydrogen-bond acceptors (Lipinski definition) is 7. The standard InChI is InChI=1S/C6H6BrN3O.C6H7BrN2O/c1-4-9-5(3-8-11)2-6(7)10-4;1-4-8-5(3-10)2-6(7)9-4/h2-3,11H,1H3;2,10H,3H2,1H3/b8-3+;. The highest BCUT2D eigenvalue weighted by atomic mass is 79.9. The lowest BCUT2D eigenvalue weighted by Gasteiger charge is -1.96. The number of rotatable bonds is 2. The topological polar surface area (TPSA) is 104 Å². The van der Waals surface area contributed by atoms with Crippen molar-refractivity contribution in [2.45, 2.75) is 20.5 Å². The first-order valence-corrected chi connectivity index (χ1v) is 7.32. The number of hydrogen-bond donors (Lipinski definition) is 2. The van der Waals surface area contributed by atoms with Crippen molar-refractivity contribution in [2.75, 3.05) is 0 Å². The average molecular weight is 419 g/mol. The highest BCUT2D eigenvalue weighted by molar-refractivity contribution is 9.10. The second-order valence-corrected chi connectivity index (χ2v) is 5.42. The number of nitrogens with zero attached hydrogens (tertiary/aromatic N) is 5. The molecule has 0 aliphatic heterocycles. The van der Waals surface area contributed by atoms with Crippen molar-refractivity contribution in [1.29, 1.82) is 0 Å². The summed E-state index contributed by atoms with van der Waals surface area (Å²) in [6, 6.07) is 3.35. The molecular weight excluding hydrogens is 406 g/mol. The highest BCUT2D eigenvalue weighted by Gasteiger charge is 1.96. The fourth-order valence-electron chi connectivity index (χ4n) is 1.35. The molecular formula is C12H13Br2N5O2. The van der Waals surface area contributed by atoms with Gasteiger partial charge in [0.2, 0.25) is 0 Å². The summed E-state index contributed by atoms with van der Waals surface area (Å²) in [7, 11) is 0. The van der Waals surface area contributed by atoms with E-state index in [0.717, 1.165) is 0 Å². The number of oxime groups is 1. The minimum absolute atomic E-state index is 0.0397. The molecule has 0 atom stereocenters. The highest BCUT2D eigenvalue weighted by Crippen LogP contribution is 2.07. The van der Waals surface area contributed by atoms with Crippen molar-refractivity contribution in [1.82, 2.24) is 19.9 Å². The van der Waals surface area contributed by atoms with Crippen LogP contribution in [0.15, 0.2) is 26.5 Å². The maximum atomic E-state index is 8.68. The zero-order chi connectivity index (χ0) is 15.8. The Morgan fingerprint density at radius 1 is 1.05 bits per heavy atom. The predicted molar refractivity (Wildman–Crippen MR) is 84.2 cm³/mol. The van der Waals surface area contributed by atoms with Crippen LogP contribution in [0, 0.1) is 13.8 Å². The van der Waals surface area contributed by atoms with E-state index in [1.807, 2.05) is 0 Å². The molecule has 0 saturated heterocycles. The van der Waals surface area contributed by atoms with Crippen LogP contribution in [-0.2, 0) is 6.61 Å². The molecule has 7 nitrogen and oxygen atoms in total. The largest absolute Gasteiger partial charge is 0.411 e. The molecule has 2 heterocycles. The molecule has 2 N–H and O–H groups in total. The number of halogens is 2. The fraction of sp³-hybridized carbons (Fsp3) is 0.250. The minimum Gasteiger partial charge on any atom is -0.411 e. The SMILES string of the molecule is Cc1nc(Br)cc(/C=N/O)n1.Cc1nc(Br)cc(CO)n1. The summed E-state index contributed by atoms with van der Waals surface area (Å²) in [5, 5.41) is 19.7. The van der Waals surface area contributed by atoms with Gasteiger partial charge in [0.15, 0.2) is 0 Å². The Kier molecular flexibility index (Phi) is 7.34. The van der Waals surface area contributed by atoms with Crippen molar-refractivity contribution in [3.8, 4) is 0 Å². The van der Waals surface area contributed by atoms with Crippen LogP contribution in [0.2, 0.25) is 0 Å². The Hall–Kier alpha value is -1.45. The van der Waals surface area contributed by atoms with Gasteiger partial charge in [-0.1, -0.05) is 5.16 Å². The molecule has 2 aromatic rings. The molecule has 0 saturated carbocycles. The first-order chi connectivity index (χ1) is 9.94. The maximum Gasteiger partial charge on any atom is 0.127 e. The number of aliphatic hydroxyl groups is 1. The molecule has 9 heteroatoms. The molecule has 2 rings (SSSR count). The second-order valence-electron chi connectivity index (χ2n) is 3.79. The number of aryl methyl sites for hydroxylation is 2. The molecule has 0 bridgehead atoms. The van der Waals surface area contributed by atoms with Crippen LogP contribution >= 0.6 is 31.9 Å². The van der Waals surface area contributed by atoms with Crippen LogP contribution in [0.4, 0.5) is 0 Å². The van der Waals surface area contributed by atoms with Crippen molar-refractivity contribution in [3.63, 3.8) is 0 Å². The summed E-state index contributed by atoms with van der Waals surface area (Å²) in [5.41, 5.74) is 1.21. The van der Waals surface area contributed by atoms with Crippen LogP contribution < -0.4 is 0 Å². The third-order valence-corrected chi connectivity index (χ3v) is 2.85. The van der Waals surface area contributed by atoms with Gasteiger partial charge in [0.05, 0.1) is 24.2 Å². The number of aliphatic hydroxyl groups excluding tert-OH is 1. The van der Waals surface area contributed by atoms with E-state index in [2.05, 4.69) is 57.0 Å².